The minimum Gasteiger partial charge on any atom is -0.491 e. The van der Waals surface area contributed by atoms with Crippen LogP contribution < -0.4 is 9.64 Å². The predicted molar refractivity (Wildman–Crippen MR) is 142 cm³/mol. The number of amides is 1. The molecule has 3 rings (SSSR count). The van der Waals surface area contributed by atoms with Crippen LogP contribution in [-0.2, 0) is 14.8 Å². The lowest BCUT2D eigenvalue weighted by Gasteiger charge is -2.43. The van der Waals surface area contributed by atoms with Crippen LogP contribution in [0.15, 0.2) is 35.2 Å². The number of ether oxygens (including phenoxy) is 1. The maximum atomic E-state index is 12.9. The van der Waals surface area contributed by atoms with Crippen molar-refractivity contribution in [3.05, 3.63) is 36.4 Å². The quantitative estimate of drug-likeness (QED) is 0.214. The lowest BCUT2D eigenvalue weighted by Crippen LogP contribution is -2.46. The number of rotatable bonds is 9. The molecule has 1 amide bonds. The Kier molecular flexibility index (Phi) is 9.69. The molecule has 8 heteroatoms. The molecule has 0 aromatic heterocycles. The second-order valence-corrected chi connectivity index (χ2v) is 11.6. The first-order valence-electron chi connectivity index (χ1n) is 12.1. The van der Waals surface area contributed by atoms with E-state index in [1.165, 1.54) is 0 Å². The molecule has 5 atom stereocenters. The summed E-state index contributed by atoms with van der Waals surface area (Å²) in [6.45, 7) is 11.4. The lowest BCUT2D eigenvalue weighted by molar-refractivity contribution is 0.0458. The third-order valence-electron chi connectivity index (χ3n) is 6.87. The van der Waals surface area contributed by atoms with Gasteiger partial charge >= 0.3 is 0 Å². The van der Waals surface area contributed by atoms with Gasteiger partial charge in [0.1, 0.15) is 5.75 Å². The van der Waals surface area contributed by atoms with E-state index in [4.69, 9.17) is 16.3 Å². The number of fused-ring (bicyclic) bond motifs is 1. The van der Waals surface area contributed by atoms with Crippen LogP contribution in [0.25, 0.3) is 0 Å². The summed E-state index contributed by atoms with van der Waals surface area (Å²) >= 11 is 6.33. The molecule has 1 aromatic rings. The summed E-state index contributed by atoms with van der Waals surface area (Å²) in [7, 11) is -1.62. The molecule has 0 radical (unpaired) electrons. The van der Waals surface area contributed by atoms with Crippen molar-refractivity contribution in [1.29, 1.82) is 0 Å². The van der Waals surface area contributed by atoms with E-state index in [0.29, 0.717) is 48.4 Å². The Hall–Kier alpha value is -2.01. The first-order valence-corrected chi connectivity index (χ1v) is 13.9. The standard InChI is InChI=1S/C27H36ClN2O4S/c1-5-7-8-19(3)15-35(33)29-26(32)20-10-12-25-23(13-20)30(17-27(4,16-28)18-34-25)14-21-9-11-22(21)24(31)6-2/h6,10,12-13,19,21-22,24,31H,2,8-9,11,14-18H2,1,3-4H3/q-1/t19-,21-,22+,24-,27+/m0/s1. The molecule has 1 aliphatic heterocycles. The van der Waals surface area contributed by atoms with Crippen LogP contribution in [0.4, 0.5) is 5.69 Å². The highest BCUT2D eigenvalue weighted by atomic mass is 35.5. The molecule has 1 aliphatic carbocycles. The average molecular weight is 520 g/mol. The van der Waals surface area contributed by atoms with Crippen LogP contribution in [-0.4, -0.2) is 48.4 Å². The van der Waals surface area contributed by atoms with Gasteiger partial charge in [-0.3, -0.25) is 4.79 Å². The van der Waals surface area contributed by atoms with Gasteiger partial charge in [0.05, 0.1) is 18.4 Å². The molecule has 35 heavy (non-hydrogen) atoms. The number of anilines is 1. The van der Waals surface area contributed by atoms with Crippen molar-refractivity contribution in [2.24, 2.45) is 27.5 Å². The third-order valence-corrected chi connectivity index (χ3v) is 8.74. The van der Waals surface area contributed by atoms with Crippen LogP contribution in [0.5, 0.6) is 5.75 Å². The molecule has 0 bridgehead atoms. The maximum absolute atomic E-state index is 12.9. The molecular formula is C27H36ClN2O4S-. The first kappa shape index (κ1) is 27.6. The van der Waals surface area contributed by atoms with Gasteiger partial charge in [-0.05, 0) is 55.7 Å². The summed E-state index contributed by atoms with van der Waals surface area (Å²) in [5.41, 5.74) is 0.901. The van der Waals surface area contributed by atoms with E-state index < -0.39 is 22.6 Å². The van der Waals surface area contributed by atoms with E-state index >= 15 is 0 Å². The number of carbonyl (C=O) groups is 1. The van der Waals surface area contributed by atoms with Crippen LogP contribution in [0.3, 0.4) is 0 Å². The predicted octanol–water partition coefficient (Wildman–Crippen LogP) is 5.04. The maximum Gasteiger partial charge on any atom is 0.254 e. The van der Waals surface area contributed by atoms with Gasteiger partial charge in [0.2, 0.25) is 0 Å². The molecule has 1 N–H and O–H groups in total. The van der Waals surface area contributed by atoms with E-state index in [9.17, 15) is 14.1 Å². The number of hydrogen-bond acceptors (Lipinski definition) is 6. The highest BCUT2D eigenvalue weighted by molar-refractivity contribution is 7.75. The SMILES string of the molecule is C=C[C@H](O)[C@@H]1CC[C@H]1CN1C[C@@](C)(CCl)COc2ccc(C(=O)N=[S-](=O)C[C@@H](C)CC#CC)cc21. The third kappa shape index (κ3) is 7.03. The van der Waals surface area contributed by atoms with Crippen molar-refractivity contribution in [2.45, 2.75) is 46.1 Å². The zero-order valence-corrected chi connectivity index (χ0v) is 22.4. The zero-order chi connectivity index (χ0) is 25.6. The number of alkyl halides is 1. The van der Waals surface area contributed by atoms with Crippen molar-refractivity contribution in [3.8, 4) is 17.6 Å². The highest BCUT2D eigenvalue weighted by Gasteiger charge is 2.39. The molecule has 0 spiro atoms. The molecule has 1 saturated carbocycles. The topological polar surface area (TPSA) is 79.2 Å². The van der Waals surface area contributed by atoms with Gasteiger partial charge in [0.25, 0.3) is 5.91 Å². The molecule has 192 valence electrons. The number of aliphatic hydroxyl groups is 1. The zero-order valence-electron chi connectivity index (χ0n) is 20.8. The van der Waals surface area contributed by atoms with Gasteiger partial charge in [0.15, 0.2) is 0 Å². The molecule has 0 saturated heterocycles. The van der Waals surface area contributed by atoms with Gasteiger partial charge in [-0.2, -0.15) is 10.6 Å². The number of aliphatic hydroxyl groups excluding tert-OH is 1. The molecule has 2 aliphatic rings. The van der Waals surface area contributed by atoms with Gasteiger partial charge in [-0.15, -0.1) is 30.0 Å². The van der Waals surface area contributed by atoms with Crippen molar-refractivity contribution >= 4 is 33.8 Å². The van der Waals surface area contributed by atoms with E-state index in [2.05, 4.69) is 34.6 Å². The van der Waals surface area contributed by atoms with Crippen LogP contribution in [0.1, 0.15) is 50.4 Å². The molecule has 1 aromatic carbocycles. The first-order chi connectivity index (χ1) is 16.7. The van der Waals surface area contributed by atoms with Crippen molar-refractivity contribution < 1.29 is 18.8 Å². The van der Waals surface area contributed by atoms with Gasteiger partial charge in [0, 0.05) is 36.4 Å². The average Bonchev–Trinajstić information content (AvgIpc) is 2.96. The summed E-state index contributed by atoms with van der Waals surface area (Å²) in [4.78, 5) is 15.1. The molecule has 6 nitrogen and oxygen atoms in total. The molecular weight excluding hydrogens is 484 g/mol. The Balaban J connectivity index is 1.85. The number of benzene rings is 1. The highest BCUT2D eigenvalue weighted by Crippen LogP contribution is 2.42. The van der Waals surface area contributed by atoms with E-state index in [1.54, 1.807) is 31.2 Å². The van der Waals surface area contributed by atoms with E-state index in [-0.39, 0.29) is 17.3 Å². The Morgan fingerprint density at radius 1 is 1.49 bits per heavy atom. The van der Waals surface area contributed by atoms with Crippen LogP contribution in [0.2, 0.25) is 0 Å². The normalized spacial score (nSPS) is 26.1. The van der Waals surface area contributed by atoms with E-state index in [0.717, 1.165) is 25.1 Å². The fourth-order valence-electron chi connectivity index (χ4n) is 4.60. The molecule has 1 heterocycles. The number of hydrogen-bond donors (Lipinski definition) is 1. The van der Waals surface area contributed by atoms with Crippen molar-refractivity contribution in [2.75, 3.05) is 36.2 Å². The monoisotopic (exact) mass is 519 g/mol. The fraction of sp³-hybridized carbons (Fsp3) is 0.593. The van der Waals surface area contributed by atoms with Gasteiger partial charge < -0.3 is 23.3 Å². The molecule has 1 fully saturated rings. The van der Waals surface area contributed by atoms with Crippen LogP contribution >= 0.6 is 11.6 Å². The minimum atomic E-state index is -1.62. The summed E-state index contributed by atoms with van der Waals surface area (Å²) in [6.07, 6.45) is 3.69. The Morgan fingerprint density at radius 2 is 2.26 bits per heavy atom. The Labute approximate surface area is 216 Å². The summed E-state index contributed by atoms with van der Waals surface area (Å²) < 4.78 is 22.5. The lowest BCUT2D eigenvalue weighted by atomic mass is 9.70. The van der Waals surface area contributed by atoms with Gasteiger partial charge in [-0.1, -0.05) is 25.7 Å². The summed E-state index contributed by atoms with van der Waals surface area (Å²) in [6, 6.07) is 5.23. The summed E-state index contributed by atoms with van der Waals surface area (Å²) in [5, 5.41) is 10.3. The van der Waals surface area contributed by atoms with Crippen molar-refractivity contribution in [1.82, 2.24) is 0 Å². The number of carbonyl (C=O) groups excluding carboxylic acids is 1. The smallest absolute Gasteiger partial charge is 0.254 e. The number of halogens is 1. The van der Waals surface area contributed by atoms with Crippen molar-refractivity contribution in [3.63, 3.8) is 0 Å². The van der Waals surface area contributed by atoms with E-state index in [1.807, 2.05) is 6.92 Å². The number of nitrogens with zero attached hydrogens (tertiary/aromatic N) is 2. The second kappa shape index (κ2) is 12.3. The minimum absolute atomic E-state index is 0.0883. The largest absolute Gasteiger partial charge is 0.491 e. The Morgan fingerprint density at radius 3 is 2.89 bits per heavy atom. The van der Waals surface area contributed by atoms with Crippen LogP contribution in [0, 0.1) is 35.0 Å². The second-order valence-electron chi connectivity index (χ2n) is 10.1. The Bertz CT molecular complexity index is 1070. The van der Waals surface area contributed by atoms with Gasteiger partial charge in [-0.25, -0.2) is 0 Å². The molecule has 0 unspecified atom stereocenters. The summed E-state index contributed by atoms with van der Waals surface area (Å²) in [5.74, 6) is 7.27. The fourth-order valence-corrected chi connectivity index (χ4v) is 5.73.